The van der Waals surface area contributed by atoms with E-state index >= 15 is 0 Å². The Morgan fingerprint density at radius 1 is 1.30 bits per heavy atom. The number of hydrogen-bond acceptors (Lipinski definition) is 6. The summed E-state index contributed by atoms with van der Waals surface area (Å²) in [6.45, 7) is 9.51. The number of benzene rings is 1. The van der Waals surface area contributed by atoms with Gasteiger partial charge in [0.05, 0.1) is 5.69 Å². The highest BCUT2D eigenvalue weighted by atomic mass is 16.5. The molecule has 30 heavy (non-hydrogen) atoms. The Hall–Kier alpha value is -2.87. The van der Waals surface area contributed by atoms with E-state index in [0.717, 1.165) is 32.5 Å². The standard InChI is InChI=1S/C22H30N4O4/c1-4-25(5-2)12-8-9-16(3)23-22(28)17-14-30-20(24-17)13-26-18-10-6-7-11-19(18)29-15-21(26)27/h6-7,10-11,14,16H,4-5,8-9,12-13,15H2,1-3H3,(H,23,28). The molecule has 0 bridgehead atoms. The predicted octanol–water partition coefficient (Wildman–Crippen LogP) is 2.84. The van der Waals surface area contributed by atoms with Crippen molar-refractivity contribution < 1.29 is 18.7 Å². The molecular weight excluding hydrogens is 384 g/mol. The number of nitrogens with zero attached hydrogens (tertiary/aromatic N) is 3. The SMILES string of the molecule is CCN(CC)CCCC(C)NC(=O)c1coc(CN2C(=O)COc3ccccc32)n1. The van der Waals surface area contributed by atoms with E-state index < -0.39 is 0 Å². The van der Waals surface area contributed by atoms with Crippen molar-refractivity contribution in [3.8, 4) is 5.75 Å². The summed E-state index contributed by atoms with van der Waals surface area (Å²) in [7, 11) is 0. The number of hydrogen-bond donors (Lipinski definition) is 1. The molecule has 2 heterocycles. The van der Waals surface area contributed by atoms with E-state index in [0.29, 0.717) is 17.3 Å². The number of rotatable bonds is 10. The maximum atomic E-state index is 12.5. The van der Waals surface area contributed by atoms with Crippen LogP contribution < -0.4 is 15.0 Å². The number of fused-ring (bicyclic) bond motifs is 1. The molecule has 0 spiro atoms. The summed E-state index contributed by atoms with van der Waals surface area (Å²) in [4.78, 5) is 33.0. The van der Waals surface area contributed by atoms with Crippen molar-refractivity contribution in [2.75, 3.05) is 31.1 Å². The van der Waals surface area contributed by atoms with Gasteiger partial charge in [0.25, 0.3) is 11.8 Å². The molecule has 1 aliphatic rings. The van der Waals surface area contributed by atoms with Crippen LogP contribution in [-0.2, 0) is 11.3 Å². The van der Waals surface area contributed by atoms with Crippen LogP contribution in [0, 0.1) is 0 Å². The van der Waals surface area contributed by atoms with Crippen LogP contribution in [0.5, 0.6) is 5.75 Å². The van der Waals surface area contributed by atoms with Gasteiger partial charge in [-0.2, -0.15) is 0 Å². The summed E-state index contributed by atoms with van der Waals surface area (Å²) in [6.07, 6.45) is 3.25. The van der Waals surface area contributed by atoms with E-state index in [1.807, 2.05) is 31.2 Å². The quantitative estimate of drug-likeness (QED) is 0.643. The van der Waals surface area contributed by atoms with Crippen molar-refractivity contribution in [1.82, 2.24) is 15.2 Å². The second kappa shape index (κ2) is 10.2. The number of ether oxygens (including phenoxy) is 1. The van der Waals surface area contributed by atoms with Gasteiger partial charge < -0.3 is 19.4 Å². The zero-order chi connectivity index (χ0) is 21.5. The van der Waals surface area contributed by atoms with Crippen LogP contribution >= 0.6 is 0 Å². The summed E-state index contributed by atoms with van der Waals surface area (Å²) in [5.74, 6) is 0.494. The van der Waals surface area contributed by atoms with Gasteiger partial charge in [-0.1, -0.05) is 26.0 Å². The summed E-state index contributed by atoms with van der Waals surface area (Å²) < 4.78 is 10.9. The Labute approximate surface area is 177 Å². The van der Waals surface area contributed by atoms with Gasteiger partial charge in [0.2, 0.25) is 5.89 Å². The van der Waals surface area contributed by atoms with E-state index in [4.69, 9.17) is 9.15 Å². The summed E-state index contributed by atoms with van der Waals surface area (Å²) >= 11 is 0. The maximum Gasteiger partial charge on any atom is 0.273 e. The van der Waals surface area contributed by atoms with Crippen LogP contribution in [0.25, 0.3) is 0 Å². The first-order valence-corrected chi connectivity index (χ1v) is 10.5. The van der Waals surface area contributed by atoms with Crippen LogP contribution in [-0.4, -0.2) is 54.0 Å². The molecule has 0 radical (unpaired) electrons. The molecule has 3 rings (SSSR count). The van der Waals surface area contributed by atoms with Crippen molar-refractivity contribution in [2.45, 2.75) is 46.2 Å². The lowest BCUT2D eigenvalue weighted by Gasteiger charge is -2.28. The highest BCUT2D eigenvalue weighted by molar-refractivity contribution is 5.97. The molecule has 0 saturated heterocycles. The van der Waals surface area contributed by atoms with E-state index in [1.165, 1.54) is 6.26 Å². The van der Waals surface area contributed by atoms with Gasteiger partial charge in [-0.15, -0.1) is 0 Å². The summed E-state index contributed by atoms with van der Waals surface area (Å²) in [5, 5.41) is 2.97. The zero-order valence-corrected chi connectivity index (χ0v) is 17.9. The summed E-state index contributed by atoms with van der Waals surface area (Å²) in [6, 6.07) is 7.35. The number of oxazole rings is 1. The molecule has 2 amide bonds. The number of amides is 2. The average molecular weight is 415 g/mol. The lowest BCUT2D eigenvalue weighted by Crippen LogP contribution is -2.38. The Balaban J connectivity index is 1.55. The fraction of sp³-hybridized carbons (Fsp3) is 0.500. The zero-order valence-electron chi connectivity index (χ0n) is 17.9. The molecule has 1 N–H and O–H groups in total. The number of anilines is 1. The number of nitrogens with one attached hydrogen (secondary N) is 1. The van der Waals surface area contributed by atoms with Gasteiger partial charge in [-0.05, 0) is 51.5 Å². The third-order valence-corrected chi connectivity index (χ3v) is 5.27. The molecule has 2 aromatic rings. The van der Waals surface area contributed by atoms with Crippen LogP contribution in [0.2, 0.25) is 0 Å². The van der Waals surface area contributed by atoms with Crippen molar-refractivity contribution in [3.63, 3.8) is 0 Å². The average Bonchev–Trinajstić information content (AvgIpc) is 3.22. The van der Waals surface area contributed by atoms with Gasteiger partial charge in [0.15, 0.2) is 12.3 Å². The van der Waals surface area contributed by atoms with Gasteiger partial charge in [0, 0.05) is 6.04 Å². The fourth-order valence-electron chi connectivity index (χ4n) is 3.48. The van der Waals surface area contributed by atoms with Gasteiger partial charge in [-0.3, -0.25) is 14.5 Å². The Kier molecular flexibility index (Phi) is 7.46. The largest absolute Gasteiger partial charge is 0.482 e. The fourth-order valence-corrected chi connectivity index (χ4v) is 3.48. The van der Waals surface area contributed by atoms with Crippen LogP contribution in [0.15, 0.2) is 34.9 Å². The van der Waals surface area contributed by atoms with E-state index in [9.17, 15) is 9.59 Å². The Morgan fingerprint density at radius 3 is 2.83 bits per heavy atom. The molecule has 162 valence electrons. The predicted molar refractivity (Wildman–Crippen MR) is 114 cm³/mol. The van der Waals surface area contributed by atoms with E-state index in [1.54, 1.807) is 4.90 Å². The molecule has 1 aromatic carbocycles. The number of para-hydroxylation sites is 2. The second-order valence-electron chi connectivity index (χ2n) is 7.41. The second-order valence-corrected chi connectivity index (χ2v) is 7.41. The Bertz CT molecular complexity index is 862. The highest BCUT2D eigenvalue weighted by Gasteiger charge is 2.27. The van der Waals surface area contributed by atoms with Gasteiger partial charge in [0.1, 0.15) is 18.6 Å². The monoisotopic (exact) mass is 414 g/mol. The molecule has 8 nitrogen and oxygen atoms in total. The van der Waals surface area contributed by atoms with Gasteiger partial charge in [-0.25, -0.2) is 4.98 Å². The first-order chi connectivity index (χ1) is 14.5. The third kappa shape index (κ3) is 5.38. The first kappa shape index (κ1) is 21.8. The van der Waals surface area contributed by atoms with Crippen molar-refractivity contribution >= 4 is 17.5 Å². The molecule has 8 heteroatoms. The highest BCUT2D eigenvalue weighted by Crippen LogP contribution is 2.32. The maximum absolute atomic E-state index is 12.5. The molecule has 0 fully saturated rings. The molecule has 1 unspecified atom stereocenters. The van der Waals surface area contributed by atoms with Crippen molar-refractivity contribution in [2.24, 2.45) is 0 Å². The van der Waals surface area contributed by atoms with Crippen LogP contribution in [0.1, 0.15) is 50.0 Å². The molecule has 0 aliphatic carbocycles. The lowest BCUT2D eigenvalue weighted by atomic mass is 10.1. The first-order valence-electron chi connectivity index (χ1n) is 10.5. The normalized spacial score (nSPS) is 14.4. The topological polar surface area (TPSA) is 87.9 Å². The third-order valence-electron chi connectivity index (χ3n) is 5.27. The minimum Gasteiger partial charge on any atom is -0.482 e. The van der Waals surface area contributed by atoms with Crippen molar-refractivity contribution in [1.29, 1.82) is 0 Å². The molecule has 1 aliphatic heterocycles. The summed E-state index contributed by atoms with van der Waals surface area (Å²) in [5.41, 5.74) is 0.884. The minimum absolute atomic E-state index is 0.0317. The minimum atomic E-state index is -0.269. The molecule has 1 atom stereocenters. The van der Waals surface area contributed by atoms with E-state index in [2.05, 4.69) is 29.0 Å². The molecule has 0 saturated carbocycles. The molecule has 1 aromatic heterocycles. The lowest BCUT2D eigenvalue weighted by molar-refractivity contribution is -0.121. The number of carbonyl (C=O) groups is 2. The number of carbonyl (C=O) groups excluding carboxylic acids is 2. The van der Waals surface area contributed by atoms with E-state index in [-0.39, 0.29) is 36.7 Å². The van der Waals surface area contributed by atoms with Gasteiger partial charge >= 0.3 is 0 Å². The van der Waals surface area contributed by atoms with Crippen LogP contribution in [0.4, 0.5) is 5.69 Å². The Morgan fingerprint density at radius 2 is 2.07 bits per heavy atom. The molecular formula is C22H30N4O4. The van der Waals surface area contributed by atoms with Crippen LogP contribution in [0.3, 0.4) is 0 Å². The smallest absolute Gasteiger partial charge is 0.273 e. The van der Waals surface area contributed by atoms with Crippen molar-refractivity contribution in [3.05, 3.63) is 42.1 Å². The number of aromatic nitrogens is 1.